The fourth-order valence-electron chi connectivity index (χ4n) is 3.52. The molecular formula is C23H30Cl6O2Si2. The summed E-state index contributed by atoms with van der Waals surface area (Å²) in [5.41, 5.74) is 1.17. The van der Waals surface area contributed by atoms with Gasteiger partial charge in [-0.15, -0.1) is 66.5 Å². The van der Waals surface area contributed by atoms with Crippen molar-refractivity contribution in [1.82, 2.24) is 0 Å². The molecular weight excluding hydrogens is 577 g/mol. The predicted molar refractivity (Wildman–Crippen MR) is 150 cm³/mol. The van der Waals surface area contributed by atoms with Crippen LogP contribution in [0.3, 0.4) is 0 Å². The summed E-state index contributed by atoms with van der Waals surface area (Å²) < 4.78 is 12.1. The smallest absolute Gasteiger partial charge is 0.381 e. The SMILES string of the molecule is CC(C)C(Oc1ccc(C(C)(C)c2ccc(OC(C(C)C)[Si](Cl)(Cl)Cl)cc2)cc1)[Si](Cl)(Cl)Cl. The topological polar surface area (TPSA) is 18.5 Å². The van der Waals surface area contributed by atoms with Crippen LogP contribution >= 0.6 is 66.5 Å². The van der Waals surface area contributed by atoms with Crippen molar-refractivity contribution in [2.75, 3.05) is 0 Å². The zero-order valence-corrected chi connectivity index (χ0v) is 26.0. The molecule has 0 amide bonds. The molecule has 0 aliphatic carbocycles. The zero-order chi connectivity index (χ0) is 25.2. The molecule has 0 saturated carbocycles. The molecule has 0 bridgehead atoms. The van der Waals surface area contributed by atoms with Gasteiger partial charge in [-0.1, -0.05) is 65.8 Å². The third kappa shape index (κ3) is 8.11. The van der Waals surface area contributed by atoms with Crippen molar-refractivity contribution in [3.05, 3.63) is 59.7 Å². The number of hydrogen-bond donors (Lipinski definition) is 0. The zero-order valence-electron chi connectivity index (χ0n) is 19.5. The molecule has 2 nitrogen and oxygen atoms in total. The number of hydrogen-bond acceptors (Lipinski definition) is 2. The summed E-state index contributed by atoms with van der Waals surface area (Å²) in [7, 11) is 0. The van der Waals surface area contributed by atoms with Crippen LogP contribution in [-0.2, 0) is 5.41 Å². The third-order valence-electron chi connectivity index (χ3n) is 5.53. The first-order valence-electron chi connectivity index (χ1n) is 10.7. The summed E-state index contributed by atoms with van der Waals surface area (Å²) in [6.07, 6.45) is 0. The molecule has 0 spiro atoms. The lowest BCUT2D eigenvalue weighted by molar-refractivity contribution is 0.224. The van der Waals surface area contributed by atoms with E-state index in [-0.39, 0.29) is 17.3 Å². The summed E-state index contributed by atoms with van der Waals surface area (Å²) in [5.74, 6) is 1.57. The van der Waals surface area contributed by atoms with Gasteiger partial charge in [0, 0.05) is 5.41 Å². The second-order valence-electron chi connectivity index (χ2n) is 9.32. The Labute approximate surface area is 228 Å². The lowest BCUT2D eigenvalue weighted by Crippen LogP contribution is -2.41. The Morgan fingerprint density at radius 1 is 0.576 bits per heavy atom. The molecule has 0 aliphatic rings. The van der Waals surface area contributed by atoms with E-state index in [1.54, 1.807) is 0 Å². The van der Waals surface area contributed by atoms with Gasteiger partial charge in [-0.2, -0.15) is 0 Å². The van der Waals surface area contributed by atoms with Gasteiger partial charge in [0.05, 0.1) is 0 Å². The first-order valence-corrected chi connectivity index (χ1v) is 20.9. The molecule has 2 aromatic carbocycles. The van der Waals surface area contributed by atoms with Gasteiger partial charge in [-0.3, -0.25) is 0 Å². The molecule has 2 atom stereocenters. The number of halogens is 6. The second kappa shape index (κ2) is 11.5. The average Bonchev–Trinajstić information content (AvgIpc) is 2.68. The second-order valence-corrected chi connectivity index (χ2v) is 26.8. The van der Waals surface area contributed by atoms with Crippen molar-refractivity contribution in [3.8, 4) is 11.5 Å². The molecule has 2 aromatic rings. The Kier molecular flexibility index (Phi) is 10.3. The van der Waals surface area contributed by atoms with Crippen LogP contribution in [-0.4, -0.2) is 23.5 Å². The van der Waals surface area contributed by atoms with Gasteiger partial charge in [0.2, 0.25) is 0 Å². The normalized spacial score (nSPS) is 15.0. The maximum Gasteiger partial charge on any atom is 0.381 e. The van der Waals surface area contributed by atoms with E-state index in [0.29, 0.717) is 11.5 Å². The minimum absolute atomic E-state index is 0.0977. The van der Waals surface area contributed by atoms with E-state index in [1.165, 1.54) is 0 Å². The highest BCUT2D eigenvalue weighted by Gasteiger charge is 2.42. The van der Waals surface area contributed by atoms with Gasteiger partial charge in [0.25, 0.3) is 0 Å². The van der Waals surface area contributed by atoms with Crippen LogP contribution in [0.1, 0.15) is 52.7 Å². The van der Waals surface area contributed by atoms with Gasteiger partial charge < -0.3 is 9.47 Å². The highest BCUT2D eigenvalue weighted by atomic mass is 35.8. The van der Waals surface area contributed by atoms with Crippen LogP contribution < -0.4 is 9.47 Å². The molecule has 0 aliphatic heterocycles. The molecule has 10 heteroatoms. The maximum absolute atomic E-state index is 6.23. The van der Waals surface area contributed by atoms with Gasteiger partial charge in [0.1, 0.15) is 23.0 Å². The van der Waals surface area contributed by atoms with Crippen molar-refractivity contribution < 1.29 is 9.47 Å². The van der Waals surface area contributed by atoms with Gasteiger partial charge in [-0.25, -0.2) is 0 Å². The lowest BCUT2D eigenvalue weighted by atomic mass is 9.78. The van der Waals surface area contributed by atoms with Gasteiger partial charge in [0.15, 0.2) is 0 Å². The highest BCUT2D eigenvalue weighted by molar-refractivity contribution is 7.65. The van der Waals surface area contributed by atoms with Crippen LogP contribution in [0.25, 0.3) is 0 Å². The molecule has 0 aromatic heterocycles. The molecule has 0 saturated heterocycles. The Hall–Kier alpha value is 0.214. The molecule has 33 heavy (non-hydrogen) atoms. The largest absolute Gasteiger partial charge is 0.489 e. The summed E-state index contributed by atoms with van der Waals surface area (Å²) >= 11 is 37.4. The monoisotopic (exact) mass is 604 g/mol. The van der Waals surface area contributed by atoms with E-state index in [2.05, 4.69) is 13.8 Å². The molecule has 0 fully saturated rings. The lowest BCUT2D eigenvalue weighted by Gasteiger charge is -2.29. The molecule has 184 valence electrons. The Morgan fingerprint density at radius 3 is 1.06 bits per heavy atom. The van der Waals surface area contributed by atoms with E-state index in [9.17, 15) is 0 Å². The summed E-state index contributed by atoms with van der Waals surface area (Å²) in [6, 6.07) is 9.84. The first-order chi connectivity index (χ1) is 15.0. The maximum atomic E-state index is 6.23. The minimum atomic E-state index is -3.01. The first kappa shape index (κ1) is 29.4. The van der Waals surface area contributed by atoms with Crippen molar-refractivity contribution in [2.24, 2.45) is 11.8 Å². The van der Waals surface area contributed by atoms with E-state index in [4.69, 9.17) is 75.9 Å². The molecule has 2 unspecified atom stereocenters. The molecule has 0 heterocycles. The van der Waals surface area contributed by atoms with Crippen molar-refractivity contribution in [2.45, 2.75) is 58.4 Å². The van der Waals surface area contributed by atoms with Crippen LogP contribution in [0.2, 0.25) is 0 Å². The number of ether oxygens (including phenoxy) is 2. The van der Waals surface area contributed by atoms with E-state index in [0.717, 1.165) is 11.1 Å². The Morgan fingerprint density at radius 2 is 0.848 bits per heavy atom. The molecule has 0 N–H and O–H groups in total. The van der Waals surface area contributed by atoms with E-state index < -0.39 is 23.5 Å². The van der Waals surface area contributed by atoms with Crippen molar-refractivity contribution in [3.63, 3.8) is 0 Å². The predicted octanol–water partition coefficient (Wildman–Crippen LogP) is 9.21. The molecule has 0 radical (unpaired) electrons. The van der Waals surface area contributed by atoms with E-state index >= 15 is 0 Å². The standard InChI is InChI=1S/C23H30Cl6O2Si2/c1-15(2)21(32(24,25)26)30-19-11-7-17(8-12-19)23(5,6)18-9-13-20(14-10-18)31-22(16(3)4)33(27,28)29/h7-16,21-22H,1-6H3. The van der Waals surface area contributed by atoms with Gasteiger partial charge >= 0.3 is 12.0 Å². The number of benzene rings is 2. The van der Waals surface area contributed by atoms with Gasteiger partial charge in [-0.05, 0) is 47.2 Å². The fraction of sp³-hybridized carbons (Fsp3) is 0.478. The van der Waals surface area contributed by atoms with Crippen LogP contribution in [0, 0.1) is 11.8 Å². The van der Waals surface area contributed by atoms with Crippen LogP contribution in [0.4, 0.5) is 0 Å². The Bertz CT molecular complexity index is 818. The van der Waals surface area contributed by atoms with E-state index in [1.807, 2.05) is 76.2 Å². The van der Waals surface area contributed by atoms with Crippen molar-refractivity contribution >= 4 is 78.5 Å². The minimum Gasteiger partial charge on any atom is -0.489 e. The highest BCUT2D eigenvalue weighted by Crippen LogP contribution is 2.37. The summed E-state index contributed by atoms with van der Waals surface area (Å²) in [4.78, 5) is 0. The van der Waals surface area contributed by atoms with Crippen LogP contribution in [0.5, 0.6) is 11.5 Å². The summed E-state index contributed by atoms with van der Waals surface area (Å²) in [6.45, 7) is 12.3. The fourth-order valence-corrected chi connectivity index (χ4v) is 10.9. The van der Waals surface area contributed by atoms with Crippen molar-refractivity contribution in [1.29, 1.82) is 0 Å². The van der Waals surface area contributed by atoms with Crippen LogP contribution in [0.15, 0.2) is 48.5 Å². The summed E-state index contributed by atoms with van der Waals surface area (Å²) in [5, 5.41) is 0. The quantitative estimate of drug-likeness (QED) is 0.198. The molecule has 2 rings (SSSR count). The third-order valence-corrected chi connectivity index (χ3v) is 12.3. The average molecular weight is 607 g/mol. The number of rotatable bonds is 10. The Balaban J connectivity index is 2.19.